The second-order valence-corrected chi connectivity index (χ2v) is 11.9. The number of hydrogen-bond donors (Lipinski definition) is 0. The van der Waals surface area contributed by atoms with Gasteiger partial charge in [0.05, 0.1) is 5.92 Å². The molecule has 0 spiro atoms. The molecule has 0 bridgehead atoms. The van der Waals surface area contributed by atoms with E-state index in [2.05, 4.69) is 20.8 Å². The highest BCUT2D eigenvalue weighted by atomic mass is 19.4. The molecule has 1 nitrogen and oxygen atoms in total. The highest BCUT2D eigenvalue weighted by Crippen LogP contribution is 2.45. The number of Topliss-reactive ketones (excluding diaryl/α,β-unsaturated/α-hetero) is 1. The molecule has 2 aliphatic rings. The maximum absolute atomic E-state index is 13.5. The summed E-state index contributed by atoms with van der Waals surface area (Å²) in [6.45, 7) is 10.0. The van der Waals surface area contributed by atoms with Crippen molar-refractivity contribution in [2.45, 2.75) is 124 Å². The predicted molar refractivity (Wildman–Crippen MR) is 127 cm³/mol. The average Bonchev–Trinajstić information content (AvgIpc) is 2.73. The van der Waals surface area contributed by atoms with Gasteiger partial charge in [0.2, 0.25) is 0 Å². The second-order valence-electron chi connectivity index (χ2n) is 11.9. The Hall–Kier alpha value is -0.540. The van der Waals surface area contributed by atoms with Gasteiger partial charge in [-0.05, 0) is 68.1 Å². The number of alkyl halides is 3. The normalized spacial score (nSPS) is 31.5. The van der Waals surface area contributed by atoms with Crippen LogP contribution in [0.4, 0.5) is 13.2 Å². The van der Waals surface area contributed by atoms with E-state index in [9.17, 15) is 18.0 Å². The highest BCUT2D eigenvalue weighted by Gasteiger charge is 2.43. The standard InChI is InChI=1S/C28H49F3O/c1-6-24(21(5)28(29,30)31)17-23-15-22(12-8-7-10-19(2)3)16-26(18-23)27(32)25-13-9-11-20(4)14-25/h19-26H,6-18H2,1-5H3/t20-,21?,22?,23?,24?,25?,26?/m1/s1. The molecule has 32 heavy (non-hydrogen) atoms. The molecule has 0 radical (unpaired) electrons. The zero-order valence-corrected chi connectivity index (χ0v) is 21.4. The molecule has 0 N–H and O–H groups in total. The van der Waals surface area contributed by atoms with Crippen molar-refractivity contribution in [2.75, 3.05) is 0 Å². The van der Waals surface area contributed by atoms with Gasteiger partial charge >= 0.3 is 6.18 Å². The summed E-state index contributed by atoms with van der Waals surface area (Å²) in [6, 6.07) is 0. The van der Waals surface area contributed by atoms with Gasteiger partial charge in [0.25, 0.3) is 0 Å². The van der Waals surface area contributed by atoms with Crippen LogP contribution in [0.2, 0.25) is 0 Å². The Morgan fingerprint density at radius 1 is 0.938 bits per heavy atom. The molecule has 7 atom stereocenters. The Morgan fingerprint density at radius 2 is 1.62 bits per heavy atom. The Labute approximate surface area is 195 Å². The lowest BCUT2D eigenvalue weighted by Gasteiger charge is -2.39. The lowest BCUT2D eigenvalue weighted by atomic mass is 9.66. The van der Waals surface area contributed by atoms with Crippen molar-refractivity contribution in [3.63, 3.8) is 0 Å². The first-order valence-electron chi connectivity index (χ1n) is 13.6. The Kier molecular flexibility index (Phi) is 11.1. The largest absolute Gasteiger partial charge is 0.391 e. The summed E-state index contributed by atoms with van der Waals surface area (Å²) < 4.78 is 40.3. The number of halogens is 3. The van der Waals surface area contributed by atoms with Crippen molar-refractivity contribution in [3.05, 3.63) is 0 Å². The van der Waals surface area contributed by atoms with Crippen LogP contribution in [0, 0.1) is 47.3 Å². The summed E-state index contributed by atoms with van der Waals surface area (Å²) in [5, 5.41) is 0. The van der Waals surface area contributed by atoms with Gasteiger partial charge < -0.3 is 0 Å². The number of hydrogen-bond acceptors (Lipinski definition) is 1. The molecule has 2 aliphatic carbocycles. The highest BCUT2D eigenvalue weighted by molar-refractivity contribution is 5.83. The topological polar surface area (TPSA) is 17.1 Å². The number of unbranched alkanes of at least 4 members (excludes halogenated alkanes) is 1. The third kappa shape index (κ3) is 8.67. The molecule has 2 rings (SSSR count). The summed E-state index contributed by atoms with van der Waals surface area (Å²) in [5.41, 5.74) is 0. The van der Waals surface area contributed by atoms with E-state index in [1.54, 1.807) is 0 Å². The van der Waals surface area contributed by atoms with Gasteiger partial charge in [-0.1, -0.05) is 79.6 Å². The van der Waals surface area contributed by atoms with E-state index in [1.165, 1.54) is 32.6 Å². The maximum atomic E-state index is 13.5. The van der Waals surface area contributed by atoms with Crippen LogP contribution in [-0.2, 0) is 4.79 Å². The Bertz CT molecular complexity index is 555. The second kappa shape index (κ2) is 12.8. The first kappa shape index (κ1) is 27.7. The van der Waals surface area contributed by atoms with Gasteiger partial charge in [0, 0.05) is 11.8 Å². The summed E-state index contributed by atoms with van der Waals surface area (Å²) in [5.74, 6) is 1.26. The first-order chi connectivity index (χ1) is 15.0. The quantitative estimate of drug-likeness (QED) is 0.282. The SMILES string of the molecule is CCC(CC1CC(CCCCC(C)C)CC(C(=O)C2CCC[C@@H](C)C2)C1)C(C)C(F)(F)F. The van der Waals surface area contributed by atoms with Crippen LogP contribution in [0.15, 0.2) is 0 Å². The van der Waals surface area contributed by atoms with Crippen molar-refractivity contribution in [1.29, 1.82) is 0 Å². The van der Waals surface area contributed by atoms with Crippen molar-refractivity contribution in [3.8, 4) is 0 Å². The number of ketones is 1. The molecule has 0 heterocycles. The van der Waals surface area contributed by atoms with E-state index in [1.807, 2.05) is 6.92 Å². The molecule has 0 aromatic rings. The molecule has 2 fully saturated rings. The number of rotatable bonds is 11. The lowest BCUT2D eigenvalue weighted by Crippen LogP contribution is -2.35. The minimum Gasteiger partial charge on any atom is -0.299 e. The fourth-order valence-corrected chi connectivity index (χ4v) is 6.66. The van der Waals surface area contributed by atoms with E-state index in [-0.39, 0.29) is 23.7 Å². The van der Waals surface area contributed by atoms with Crippen LogP contribution >= 0.6 is 0 Å². The third-order valence-electron chi connectivity index (χ3n) is 8.67. The van der Waals surface area contributed by atoms with Crippen LogP contribution in [0.5, 0.6) is 0 Å². The van der Waals surface area contributed by atoms with Gasteiger partial charge in [0.15, 0.2) is 0 Å². The Balaban J connectivity index is 2.05. The fourth-order valence-electron chi connectivity index (χ4n) is 6.66. The van der Waals surface area contributed by atoms with Crippen LogP contribution in [-0.4, -0.2) is 12.0 Å². The molecule has 188 valence electrons. The molecular formula is C28H49F3O. The van der Waals surface area contributed by atoms with Gasteiger partial charge in [-0.2, -0.15) is 13.2 Å². The van der Waals surface area contributed by atoms with Crippen molar-refractivity contribution >= 4 is 5.78 Å². The summed E-state index contributed by atoms with van der Waals surface area (Å²) in [6.07, 6.45) is 9.09. The van der Waals surface area contributed by atoms with Crippen LogP contribution < -0.4 is 0 Å². The zero-order valence-electron chi connectivity index (χ0n) is 21.4. The summed E-state index contributed by atoms with van der Waals surface area (Å²) >= 11 is 0. The van der Waals surface area contributed by atoms with E-state index < -0.39 is 12.1 Å². The molecule has 0 aromatic carbocycles. The van der Waals surface area contributed by atoms with Crippen molar-refractivity contribution in [1.82, 2.24) is 0 Å². The number of carbonyl (C=O) groups is 1. The molecular weight excluding hydrogens is 409 g/mol. The monoisotopic (exact) mass is 458 g/mol. The molecule has 4 heteroatoms. The summed E-state index contributed by atoms with van der Waals surface area (Å²) in [7, 11) is 0. The summed E-state index contributed by atoms with van der Waals surface area (Å²) in [4.78, 5) is 13.5. The molecule has 0 aromatic heterocycles. The van der Waals surface area contributed by atoms with Gasteiger partial charge in [-0.25, -0.2) is 0 Å². The first-order valence-corrected chi connectivity index (χ1v) is 13.6. The average molecular weight is 459 g/mol. The van der Waals surface area contributed by atoms with Crippen LogP contribution in [0.3, 0.4) is 0 Å². The van der Waals surface area contributed by atoms with E-state index in [0.717, 1.165) is 44.9 Å². The minimum absolute atomic E-state index is 0.0813. The van der Waals surface area contributed by atoms with Crippen LogP contribution in [0.25, 0.3) is 0 Å². The van der Waals surface area contributed by atoms with Crippen molar-refractivity contribution < 1.29 is 18.0 Å². The minimum atomic E-state index is -4.13. The molecule has 6 unspecified atom stereocenters. The number of carbonyl (C=O) groups excluding carboxylic acids is 1. The van der Waals surface area contributed by atoms with Crippen molar-refractivity contribution in [2.24, 2.45) is 47.3 Å². The smallest absolute Gasteiger partial charge is 0.299 e. The predicted octanol–water partition coefficient (Wildman–Crippen LogP) is 9.25. The van der Waals surface area contributed by atoms with E-state index in [4.69, 9.17) is 0 Å². The van der Waals surface area contributed by atoms with Gasteiger partial charge in [0.1, 0.15) is 5.78 Å². The fraction of sp³-hybridized carbons (Fsp3) is 0.964. The van der Waals surface area contributed by atoms with E-state index in [0.29, 0.717) is 36.4 Å². The lowest BCUT2D eigenvalue weighted by molar-refractivity contribution is -0.185. The molecule has 0 amide bonds. The maximum Gasteiger partial charge on any atom is 0.391 e. The van der Waals surface area contributed by atoms with Crippen LogP contribution in [0.1, 0.15) is 118 Å². The third-order valence-corrected chi connectivity index (χ3v) is 8.67. The van der Waals surface area contributed by atoms with Gasteiger partial charge in [-0.3, -0.25) is 4.79 Å². The molecule has 0 aliphatic heterocycles. The zero-order chi connectivity index (χ0) is 23.9. The van der Waals surface area contributed by atoms with E-state index >= 15 is 0 Å². The molecule has 2 saturated carbocycles. The van der Waals surface area contributed by atoms with Gasteiger partial charge in [-0.15, -0.1) is 0 Å². The molecule has 0 saturated heterocycles. The Morgan fingerprint density at radius 3 is 2.22 bits per heavy atom.